The molecule has 2 N–H and O–H groups in total. The Morgan fingerprint density at radius 1 is 1.58 bits per heavy atom. The standard InChI is InChI=1S/C11H10ClN5OS/c1-6-9(10(18)17(16-6)11(13)19)15-14-8-4-2-3-7(12)5-8/h2-5,9H,1H3,(H2,13,19)/t9-/m0/s1. The van der Waals surface area contributed by atoms with Crippen LogP contribution in [0.2, 0.25) is 5.02 Å². The molecular formula is C11H10ClN5OS. The zero-order valence-electron chi connectivity index (χ0n) is 9.95. The minimum Gasteiger partial charge on any atom is -0.374 e. The number of hydrazone groups is 1. The van der Waals surface area contributed by atoms with Gasteiger partial charge in [0.2, 0.25) is 0 Å². The Hall–Kier alpha value is -1.86. The second-order valence-electron chi connectivity index (χ2n) is 3.83. The largest absolute Gasteiger partial charge is 0.374 e. The van der Waals surface area contributed by atoms with Crippen LogP contribution in [0.4, 0.5) is 5.69 Å². The molecule has 1 heterocycles. The minimum absolute atomic E-state index is 0.107. The number of azo groups is 1. The highest BCUT2D eigenvalue weighted by molar-refractivity contribution is 7.80. The van der Waals surface area contributed by atoms with Gasteiger partial charge < -0.3 is 5.73 Å². The van der Waals surface area contributed by atoms with Gasteiger partial charge in [-0.15, -0.1) is 0 Å². The van der Waals surface area contributed by atoms with Crippen LogP contribution in [-0.4, -0.2) is 27.8 Å². The Balaban J connectivity index is 2.18. The molecule has 8 heteroatoms. The first-order valence-electron chi connectivity index (χ1n) is 5.34. The maximum atomic E-state index is 11.9. The summed E-state index contributed by atoms with van der Waals surface area (Å²) < 4.78 is 0. The first kappa shape index (κ1) is 13.6. The summed E-state index contributed by atoms with van der Waals surface area (Å²) in [5.41, 5.74) is 6.43. The van der Waals surface area contributed by atoms with Gasteiger partial charge in [-0.25, -0.2) is 0 Å². The van der Waals surface area contributed by atoms with Crippen molar-refractivity contribution in [1.29, 1.82) is 0 Å². The summed E-state index contributed by atoms with van der Waals surface area (Å²) in [6, 6.07) is 6.05. The van der Waals surface area contributed by atoms with Gasteiger partial charge in [-0.3, -0.25) is 4.79 Å². The van der Waals surface area contributed by atoms with Crippen LogP contribution < -0.4 is 5.73 Å². The summed E-state index contributed by atoms with van der Waals surface area (Å²) >= 11 is 10.5. The Kier molecular flexibility index (Phi) is 3.87. The zero-order valence-corrected chi connectivity index (χ0v) is 11.5. The molecule has 0 fully saturated rings. The molecule has 1 aliphatic heterocycles. The molecule has 2 rings (SSSR count). The van der Waals surface area contributed by atoms with Crippen molar-refractivity contribution in [2.24, 2.45) is 21.1 Å². The number of nitrogens with two attached hydrogens (primary N) is 1. The molecular weight excluding hydrogens is 286 g/mol. The first-order valence-corrected chi connectivity index (χ1v) is 6.12. The Bertz CT molecular complexity index is 601. The number of benzene rings is 1. The van der Waals surface area contributed by atoms with E-state index in [0.717, 1.165) is 5.01 Å². The normalized spacial score (nSPS) is 19.1. The lowest BCUT2D eigenvalue weighted by Gasteiger charge is -2.08. The van der Waals surface area contributed by atoms with E-state index in [9.17, 15) is 4.79 Å². The fourth-order valence-electron chi connectivity index (χ4n) is 1.51. The Morgan fingerprint density at radius 2 is 2.32 bits per heavy atom. The average molecular weight is 296 g/mol. The number of rotatable bonds is 2. The van der Waals surface area contributed by atoms with E-state index in [1.807, 2.05) is 0 Å². The minimum atomic E-state index is -0.791. The molecule has 0 aromatic heterocycles. The fraction of sp³-hybridized carbons (Fsp3) is 0.182. The molecule has 1 aromatic carbocycles. The molecule has 0 bridgehead atoms. The van der Waals surface area contributed by atoms with E-state index >= 15 is 0 Å². The van der Waals surface area contributed by atoms with Crippen LogP contribution in [0.5, 0.6) is 0 Å². The SMILES string of the molecule is CC1=NN(C(N)=S)C(=O)[C@H]1N=Nc1cccc(Cl)c1. The first-order chi connectivity index (χ1) is 8.99. The molecule has 1 aromatic rings. The molecule has 98 valence electrons. The average Bonchev–Trinajstić information content (AvgIpc) is 2.63. The van der Waals surface area contributed by atoms with E-state index in [1.54, 1.807) is 31.2 Å². The van der Waals surface area contributed by atoms with Crippen LogP contribution >= 0.6 is 23.8 Å². The summed E-state index contributed by atoms with van der Waals surface area (Å²) in [5.74, 6) is -0.407. The zero-order chi connectivity index (χ0) is 14.0. The van der Waals surface area contributed by atoms with Gasteiger partial charge in [0.05, 0.1) is 11.4 Å². The number of amides is 1. The number of hydrogen-bond acceptors (Lipinski definition) is 5. The number of halogens is 1. The molecule has 0 saturated heterocycles. The third-order valence-electron chi connectivity index (χ3n) is 2.40. The number of carbonyl (C=O) groups is 1. The monoisotopic (exact) mass is 295 g/mol. The second-order valence-corrected chi connectivity index (χ2v) is 4.68. The van der Waals surface area contributed by atoms with Gasteiger partial charge in [0.15, 0.2) is 11.2 Å². The van der Waals surface area contributed by atoms with E-state index in [0.29, 0.717) is 16.4 Å². The third kappa shape index (κ3) is 2.94. The maximum Gasteiger partial charge on any atom is 0.282 e. The van der Waals surface area contributed by atoms with Crippen molar-refractivity contribution in [1.82, 2.24) is 5.01 Å². The van der Waals surface area contributed by atoms with Gasteiger partial charge in [-0.1, -0.05) is 17.7 Å². The highest BCUT2D eigenvalue weighted by Gasteiger charge is 2.35. The van der Waals surface area contributed by atoms with E-state index in [4.69, 9.17) is 29.6 Å². The molecule has 6 nitrogen and oxygen atoms in total. The summed E-state index contributed by atoms with van der Waals surface area (Å²) in [5, 5.41) is 13.3. The van der Waals surface area contributed by atoms with Crippen molar-refractivity contribution in [2.75, 3.05) is 0 Å². The predicted molar refractivity (Wildman–Crippen MR) is 76.5 cm³/mol. The quantitative estimate of drug-likeness (QED) is 0.671. The van der Waals surface area contributed by atoms with Gasteiger partial charge >= 0.3 is 0 Å². The van der Waals surface area contributed by atoms with E-state index < -0.39 is 11.9 Å². The summed E-state index contributed by atoms with van der Waals surface area (Å²) in [6.07, 6.45) is 0. The van der Waals surface area contributed by atoms with Crippen molar-refractivity contribution in [2.45, 2.75) is 13.0 Å². The van der Waals surface area contributed by atoms with Crippen molar-refractivity contribution < 1.29 is 4.79 Å². The highest BCUT2D eigenvalue weighted by atomic mass is 35.5. The number of carbonyl (C=O) groups excluding carboxylic acids is 1. The molecule has 1 amide bonds. The third-order valence-corrected chi connectivity index (χ3v) is 2.81. The van der Waals surface area contributed by atoms with Crippen LogP contribution in [0, 0.1) is 0 Å². The molecule has 19 heavy (non-hydrogen) atoms. The predicted octanol–water partition coefficient (Wildman–Crippen LogP) is 2.25. The highest BCUT2D eigenvalue weighted by Crippen LogP contribution is 2.20. The van der Waals surface area contributed by atoms with E-state index in [2.05, 4.69) is 15.3 Å². The fourth-order valence-corrected chi connectivity index (χ4v) is 1.83. The molecule has 0 unspecified atom stereocenters. The lowest BCUT2D eigenvalue weighted by Crippen LogP contribution is -2.37. The van der Waals surface area contributed by atoms with Gasteiger partial charge in [-0.05, 0) is 37.3 Å². The lowest BCUT2D eigenvalue weighted by atomic mass is 10.2. The van der Waals surface area contributed by atoms with E-state index in [1.165, 1.54) is 0 Å². The van der Waals surface area contributed by atoms with Crippen LogP contribution in [0.1, 0.15) is 6.92 Å². The molecule has 1 atom stereocenters. The maximum absolute atomic E-state index is 11.9. The van der Waals surface area contributed by atoms with Gasteiger partial charge in [0.1, 0.15) is 0 Å². The van der Waals surface area contributed by atoms with Gasteiger partial charge in [0, 0.05) is 5.02 Å². The van der Waals surface area contributed by atoms with Crippen LogP contribution in [0.15, 0.2) is 39.6 Å². The lowest BCUT2D eigenvalue weighted by molar-refractivity contribution is -0.126. The van der Waals surface area contributed by atoms with Crippen molar-refractivity contribution in [3.05, 3.63) is 29.3 Å². The van der Waals surface area contributed by atoms with E-state index in [-0.39, 0.29) is 5.11 Å². The molecule has 0 radical (unpaired) electrons. The number of thiocarbonyl (C=S) groups is 1. The Labute approximate surface area is 119 Å². The van der Waals surface area contributed by atoms with Crippen molar-refractivity contribution in [3.8, 4) is 0 Å². The van der Waals surface area contributed by atoms with Crippen LogP contribution in [-0.2, 0) is 4.79 Å². The van der Waals surface area contributed by atoms with Crippen LogP contribution in [0.25, 0.3) is 0 Å². The van der Waals surface area contributed by atoms with Crippen LogP contribution in [0.3, 0.4) is 0 Å². The summed E-state index contributed by atoms with van der Waals surface area (Å²) in [4.78, 5) is 11.9. The van der Waals surface area contributed by atoms with Gasteiger partial charge in [-0.2, -0.15) is 20.3 Å². The van der Waals surface area contributed by atoms with Crippen molar-refractivity contribution in [3.63, 3.8) is 0 Å². The molecule has 0 spiro atoms. The number of hydrogen-bond donors (Lipinski definition) is 1. The molecule has 0 aliphatic carbocycles. The molecule has 1 aliphatic rings. The number of nitrogens with zero attached hydrogens (tertiary/aromatic N) is 4. The topological polar surface area (TPSA) is 83.4 Å². The summed E-state index contributed by atoms with van der Waals surface area (Å²) in [7, 11) is 0. The molecule has 0 saturated carbocycles. The second kappa shape index (κ2) is 5.41. The Morgan fingerprint density at radius 3 is 2.89 bits per heavy atom. The smallest absolute Gasteiger partial charge is 0.282 e. The van der Waals surface area contributed by atoms with Crippen molar-refractivity contribution >= 4 is 46.2 Å². The summed E-state index contributed by atoms with van der Waals surface area (Å²) in [6.45, 7) is 1.66. The van der Waals surface area contributed by atoms with Gasteiger partial charge in [0.25, 0.3) is 5.91 Å².